The van der Waals surface area contributed by atoms with Crippen molar-refractivity contribution in [3.05, 3.63) is 54.9 Å². The summed E-state index contributed by atoms with van der Waals surface area (Å²) in [6.45, 7) is 0.358. The van der Waals surface area contributed by atoms with E-state index in [1.165, 1.54) is 6.07 Å². The van der Waals surface area contributed by atoms with Crippen LogP contribution >= 0.6 is 34.2 Å². The second-order valence-electron chi connectivity index (χ2n) is 3.39. The predicted molar refractivity (Wildman–Crippen MR) is 72.2 cm³/mol. The molecule has 0 atom stereocenters. The van der Waals surface area contributed by atoms with Crippen LogP contribution in [0.3, 0.4) is 0 Å². The molecular formula is C10H7ClIN3O2. The second-order valence-corrected chi connectivity index (χ2v) is 5.07. The Hall–Kier alpha value is -1.15. The summed E-state index contributed by atoms with van der Waals surface area (Å²) in [4.78, 5) is 10.5. The molecule has 2 aromatic rings. The van der Waals surface area contributed by atoms with Crippen LogP contribution in [-0.2, 0) is 6.54 Å². The number of nitro groups is 1. The Labute approximate surface area is 116 Å². The highest BCUT2D eigenvalue weighted by Crippen LogP contribution is 2.23. The van der Waals surface area contributed by atoms with Crippen molar-refractivity contribution in [2.75, 3.05) is 0 Å². The van der Waals surface area contributed by atoms with Crippen molar-refractivity contribution < 1.29 is 4.92 Å². The third-order valence-electron chi connectivity index (χ3n) is 2.18. The van der Waals surface area contributed by atoms with Crippen molar-refractivity contribution in [3.8, 4) is 0 Å². The molecule has 0 aliphatic rings. The Morgan fingerprint density at radius 1 is 1.53 bits per heavy atom. The molecule has 7 heteroatoms. The lowest BCUT2D eigenvalue weighted by atomic mass is 10.2. The van der Waals surface area contributed by atoms with Crippen LogP contribution in [0, 0.1) is 13.7 Å². The highest BCUT2D eigenvalue weighted by atomic mass is 127. The Morgan fingerprint density at radius 2 is 2.29 bits per heavy atom. The van der Waals surface area contributed by atoms with Gasteiger partial charge in [0.1, 0.15) is 0 Å². The van der Waals surface area contributed by atoms with Gasteiger partial charge in [-0.25, -0.2) is 0 Å². The van der Waals surface area contributed by atoms with Gasteiger partial charge in [0.2, 0.25) is 0 Å². The topological polar surface area (TPSA) is 61.0 Å². The molecule has 1 aromatic carbocycles. The minimum absolute atomic E-state index is 0.0167. The van der Waals surface area contributed by atoms with Crippen LogP contribution in [0.2, 0.25) is 5.02 Å². The molecule has 0 aliphatic heterocycles. The van der Waals surface area contributed by atoms with Crippen molar-refractivity contribution in [2.45, 2.75) is 6.54 Å². The molecule has 1 heterocycles. The van der Waals surface area contributed by atoms with Gasteiger partial charge < -0.3 is 0 Å². The molecule has 0 bridgehead atoms. The third kappa shape index (κ3) is 2.95. The maximum absolute atomic E-state index is 10.9. The van der Waals surface area contributed by atoms with Crippen molar-refractivity contribution >= 4 is 39.9 Å². The van der Waals surface area contributed by atoms with Gasteiger partial charge in [0.15, 0.2) is 0 Å². The van der Waals surface area contributed by atoms with Gasteiger partial charge in [-0.3, -0.25) is 14.8 Å². The number of nitro benzene ring substituents is 1. The summed E-state index contributed by atoms with van der Waals surface area (Å²) in [5.41, 5.74) is 0.599. The normalized spacial score (nSPS) is 10.5. The Balaban J connectivity index is 2.35. The van der Waals surface area contributed by atoms with Gasteiger partial charge in [-0.05, 0) is 34.7 Å². The summed E-state index contributed by atoms with van der Waals surface area (Å²) < 4.78 is 2.64. The highest BCUT2D eigenvalue weighted by Gasteiger charge is 2.14. The number of rotatable bonds is 3. The average Bonchev–Trinajstić information content (AvgIpc) is 2.66. The molecule has 5 nitrogen and oxygen atoms in total. The van der Waals surface area contributed by atoms with Gasteiger partial charge in [0.05, 0.1) is 26.8 Å². The molecule has 0 saturated carbocycles. The first-order valence-corrected chi connectivity index (χ1v) is 6.12. The van der Waals surface area contributed by atoms with Crippen LogP contribution in [0.1, 0.15) is 5.56 Å². The van der Waals surface area contributed by atoms with Crippen molar-refractivity contribution in [1.82, 2.24) is 9.78 Å². The first-order chi connectivity index (χ1) is 8.06. The summed E-state index contributed by atoms with van der Waals surface area (Å²) in [6.07, 6.45) is 3.52. The first-order valence-electron chi connectivity index (χ1n) is 4.67. The van der Waals surface area contributed by atoms with E-state index in [-0.39, 0.29) is 5.69 Å². The fourth-order valence-electron chi connectivity index (χ4n) is 1.44. The van der Waals surface area contributed by atoms with E-state index < -0.39 is 4.92 Å². The lowest BCUT2D eigenvalue weighted by Gasteiger charge is -2.03. The molecule has 0 aliphatic carbocycles. The van der Waals surface area contributed by atoms with Crippen LogP contribution in [-0.4, -0.2) is 14.7 Å². The van der Waals surface area contributed by atoms with E-state index in [0.717, 1.165) is 3.57 Å². The van der Waals surface area contributed by atoms with E-state index in [4.69, 9.17) is 11.6 Å². The summed E-state index contributed by atoms with van der Waals surface area (Å²) in [7, 11) is 0. The summed E-state index contributed by atoms with van der Waals surface area (Å²) >= 11 is 7.87. The molecule has 2 rings (SSSR count). The molecule has 0 saturated heterocycles. The van der Waals surface area contributed by atoms with Gasteiger partial charge in [-0.15, -0.1) is 0 Å². The van der Waals surface area contributed by atoms with E-state index in [1.807, 2.05) is 6.20 Å². The van der Waals surface area contributed by atoms with E-state index in [1.54, 1.807) is 23.0 Å². The second kappa shape index (κ2) is 5.01. The van der Waals surface area contributed by atoms with Crippen LogP contribution in [0.25, 0.3) is 0 Å². The Bertz CT molecular complexity index is 570. The maximum Gasteiger partial charge on any atom is 0.275 e. The fourth-order valence-corrected chi connectivity index (χ4v) is 2.05. The summed E-state index contributed by atoms with van der Waals surface area (Å²) in [5.74, 6) is 0. The van der Waals surface area contributed by atoms with E-state index in [2.05, 4.69) is 27.7 Å². The van der Waals surface area contributed by atoms with Crippen LogP contribution in [0.15, 0.2) is 30.6 Å². The average molecular weight is 364 g/mol. The molecule has 0 N–H and O–H groups in total. The highest BCUT2D eigenvalue weighted by molar-refractivity contribution is 14.1. The lowest BCUT2D eigenvalue weighted by molar-refractivity contribution is -0.385. The monoisotopic (exact) mass is 363 g/mol. The minimum atomic E-state index is -0.435. The third-order valence-corrected chi connectivity index (χ3v) is 2.97. The fraction of sp³-hybridized carbons (Fsp3) is 0.100. The predicted octanol–water partition coefficient (Wildman–Crippen LogP) is 3.10. The van der Waals surface area contributed by atoms with E-state index in [9.17, 15) is 10.1 Å². The zero-order valence-electron chi connectivity index (χ0n) is 8.51. The molecule has 88 valence electrons. The van der Waals surface area contributed by atoms with Gasteiger partial charge in [-0.2, -0.15) is 5.10 Å². The van der Waals surface area contributed by atoms with Gasteiger partial charge in [-0.1, -0.05) is 11.6 Å². The largest absolute Gasteiger partial charge is 0.275 e. The zero-order chi connectivity index (χ0) is 12.4. The van der Waals surface area contributed by atoms with Gasteiger partial charge >= 0.3 is 0 Å². The number of nitrogens with zero attached hydrogens (tertiary/aromatic N) is 3. The first kappa shape index (κ1) is 12.3. The number of hydrogen-bond donors (Lipinski definition) is 0. The Morgan fingerprint density at radius 3 is 2.88 bits per heavy atom. The zero-order valence-corrected chi connectivity index (χ0v) is 11.4. The molecule has 0 amide bonds. The summed E-state index contributed by atoms with van der Waals surface area (Å²) in [5, 5.41) is 15.3. The van der Waals surface area contributed by atoms with Gasteiger partial charge in [0.25, 0.3) is 5.69 Å². The number of halogens is 2. The van der Waals surface area contributed by atoms with Crippen LogP contribution in [0.5, 0.6) is 0 Å². The molecule has 17 heavy (non-hydrogen) atoms. The number of hydrogen-bond acceptors (Lipinski definition) is 3. The molecule has 0 unspecified atom stereocenters. The minimum Gasteiger partial charge on any atom is -0.267 e. The van der Waals surface area contributed by atoms with Crippen LogP contribution < -0.4 is 0 Å². The number of benzene rings is 1. The standard InChI is InChI=1S/C10H7ClIN3O2/c11-8-2-1-7(10(3-8)15(16)17)5-14-6-9(12)4-13-14/h1-4,6H,5H2. The molecule has 0 radical (unpaired) electrons. The molecule has 0 fully saturated rings. The van der Waals surface area contributed by atoms with Crippen molar-refractivity contribution in [2.24, 2.45) is 0 Å². The quantitative estimate of drug-likeness (QED) is 0.478. The molecule has 1 aromatic heterocycles. The maximum atomic E-state index is 10.9. The SMILES string of the molecule is O=[N+]([O-])c1cc(Cl)ccc1Cn1cc(I)cn1. The molecular weight excluding hydrogens is 356 g/mol. The van der Waals surface area contributed by atoms with Gasteiger partial charge in [0, 0.05) is 17.3 Å². The van der Waals surface area contributed by atoms with E-state index in [0.29, 0.717) is 17.1 Å². The molecule has 0 spiro atoms. The van der Waals surface area contributed by atoms with Crippen LogP contribution in [0.4, 0.5) is 5.69 Å². The Kier molecular flexibility index (Phi) is 3.63. The smallest absolute Gasteiger partial charge is 0.267 e. The van der Waals surface area contributed by atoms with Crippen molar-refractivity contribution in [3.63, 3.8) is 0 Å². The lowest BCUT2D eigenvalue weighted by Crippen LogP contribution is -2.03. The number of aromatic nitrogens is 2. The summed E-state index contributed by atoms with van der Waals surface area (Å²) in [6, 6.07) is 4.64. The van der Waals surface area contributed by atoms with Crippen molar-refractivity contribution in [1.29, 1.82) is 0 Å². The van der Waals surface area contributed by atoms with E-state index >= 15 is 0 Å².